The van der Waals surface area contributed by atoms with Gasteiger partial charge in [0.25, 0.3) is 0 Å². The maximum absolute atomic E-state index is 10.3. The molecular weight excluding hydrogens is 290 g/mol. The second-order valence-electron chi connectivity index (χ2n) is 3.71. The van der Waals surface area contributed by atoms with Crippen LogP contribution in [0.15, 0.2) is 0 Å². The van der Waals surface area contributed by atoms with Crippen molar-refractivity contribution < 1.29 is 67.8 Å². The van der Waals surface area contributed by atoms with Gasteiger partial charge in [-0.25, -0.2) is 5.26 Å². The van der Waals surface area contributed by atoms with Crippen molar-refractivity contribution in [2.45, 2.75) is 40.5 Å². The van der Waals surface area contributed by atoms with Gasteiger partial charge in [-0.1, -0.05) is 6.42 Å². The molecule has 0 spiro atoms. The summed E-state index contributed by atoms with van der Waals surface area (Å²) >= 11 is 0. The molecule has 0 bridgehead atoms. The smallest absolute Gasteiger partial charge is 0.303 e. The summed E-state index contributed by atoms with van der Waals surface area (Å²) in [5.74, 6) is 0.591. The average Bonchev–Trinajstić information content (AvgIpc) is 2.16. The van der Waals surface area contributed by atoms with Gasteiger partial charge < -0.3 is 4.79 Å². The van der Waals surface area contributed by atoms with Crippen LogP contribution in [0.2, 0.25) is 0 Å². The SMILES string of the molecule is CC(=O)CC(C)C#N.CC(=O)C[C-](C)C#N.[Rb+]. The van der Waals surface area contributed by atoms with E-state index < -0.39 is 0 Å². The van der Waals surface area contributed by atoms with Gasteiger partial charge in [0.2, 0.25) is 0 Å². The molecular formula is C12H17N2O2Rb. The van der Waals surface area contributed by atoms with Gasteiger partial charge in [-0.05, 0) is 20.8 Å². The van der Waals surface area contributed by atoms with Gasteiger partial charge in [0, 0.05) is 6.42 Å². The molecule has 4 nitrogen and oxygen atoms in total. The number of rotatable bonds is 4. The van der Waals surface area contributed by atoms with E-state index in [0.29, 0.717) is 18.8 Å². The quantitative estimate of drug-likeness (QED) is 0.638. The molecule has 0 aliphatic rings. The average molecular weight is 307 g/mol. The van der Waals surface area contributed by atoms with E-state index in [1.165, 1.54) is 13.8 Å². The van der Waals surface area contributed by atoms with Gasteiger partial charge in [0.1, 0.15) is 11.6 Å². The van der Waals surface area contributed by atoms with E-state index in [0.717, 1.165) is 0 Å². The second-order valence-corrected chi connectivity index (χ2v) is 3.71. The first kappa shape index (κ1) is 22.2. The van der Waals surface area contributed by atoms with Crippen molar-refractivity contribution in [2.75, 3.05) is 0 Å². The van der Waals surface area contributed by atoms with Crippen LogP contribution in [0.25, 0.3) is 0 Å². The minimum absolute atomic E-state index is 0. The molecule has 1 atom stereocenters. The van der Waals surface area contributed by atoms with Crippen molar-refractivity contribution in [2.24, 2.45) is 5.92 Å². The Bertz CT molecular complexity index is 283. The van der Waals surface area contributed by atoms with Gasteiger partial charge in [-0.2, -0.15) is 12.2 Å². The van der Waals surface area contributed by atoms with E-state index in [9.17, 15) is 9.59 Å². The molecule has 0 aromatic heterocycles. The first-order chi connectivity index (χ1) is 7.33. The van der Waals surface area contributed by atoms with Gasteiger partial charge in [-0.3, -0.25) is 10.7 Å². The zero-order valence-electron chi connectivity index (χ0n) is 11.2. The van der Waals surface area contributed by atoms with Crippen LogP contribution in [0.1, 0.15) is 40.5 Å². The normalized spacial score (nSPS) is 9.29. The van der Waals surface area contributed by atoms with E-state index in [4.69, 9.17) is 10.5 Å². The largest absolute Gasteiger partial charge is 1.00 e. The third kappa shape index (κ3) is 21.8. The van der Waals surface area contributed by atoms with Crippen LogP contribution < -0.4 is 58.2 Å². The molecule has 17 heavy (non-hydrogen) atoms. The summed E-state index contributed by atoms with van der Waals surface area (Å²) in [6.07, 6.45) is 0.687. The predicted octanol–water partition coefficient (Wildman–Crippen LogP) is -0.787. The molecule has 0 aromatic rings. The molecule has 0 N–H and O–H groups in total. The molecule has 0 rings (SSSR count). The van der Waals surface area contributed by atoms with E-state index in [-0.39, 0.29) is 75.7 Å². The van der Waals surface area contributed by atoms with Crippen molar-refractivity contribution in [3.8, 4) is 12.1 Å². The first-order valence-electron chi connectivity index (χ1n) is 4.94. The van der Waals surface area contributed by atoms with Crippen LogP contribution in [-0.2, 0) is 9.59 Å². The summed E-state index contributed by atoms with van der Waals surface area (Å²) in [7, 11) is 0. The van der Waals surface area contributed by atoms with Gasteiger partial charge >= 0.3 is 58.2 Å². The van der Waals surface area contributed by atoms with Gasteiger partial charge in [0.05, 0.1) is 12.0 Å². The minimum Gasteiger partial charge on any atom is -0.303 e. The number of nitriles is 2. The third-order valence-corrected chi connectivity index (χ3v) is 1.52. The summed E-state index contributed by atoms with van der Waals surface area (Å²) in [5.41, 5.74) is 0. The monoisotopic (exact) mass is 306 g/mol. The Morgan fingerprint density at radius 2 is 1.71 bits per heavy atom. The van der Waals surface area contributed by atoms with Crippen molar-refractivity contribution in [1.29, 1.82) is 10.5 Å². The molecule has 88 valence electrons. The Labute approximate surface area is 152 Å². The van der Waals surface area contributed by atoms with E-state index in [2.05, 4.69) is 0 Å². The van der Waals surface area contributed by atoms with Crippen LogP contribution in [0, 0.1) is 34.5 Å². The maximum Gasteiger partial charge on any atom is 1.00 e. The van der Waals surface area contributed by atoms with E-state index >= 15 is 0 Å². The topological polar surface area (TPSA) is 81.7 Å². The summed E-state index contributed by atoms with van der Waals surface area (Å²) in [5, 5.41) is 16.3. The zero-order valence-corrected chi connectivity index (χ0v) is 16.1. The molecule has 1 unspecified atom stereocenters. The molecule has 5 heteroatoms. The Morgan fingerprint density at radius 3 is 1.82 bits per heavy atom. The fourth-order valence-electron chi connectivity index (χ4n) is 0.890. The fourth-order valence-corrected chi connectivity index (χ4v) is 0.890. The summed E-state index contributed by atoms with van der Waals surface area (Å²) in [4.78, 5) is 20.5. The number of Topliss-reactive ketones (excluding diaryl/α,β-unsaturated/α-hetero) is 2. The number of hydrogen-bond donors (Lipinski definition) is 0. The molecule has 0 amide bonds. The van der Waals surface area contributed by atoms with Crippen LogP contribution in [-0.4, -0.2) is 11.6 Å². The molecule has 0 saturated carbocycles. The third-order valence-electron chi connectivity index (χ3n) is 1.52. The van der Waals surface area contributed by atoms with Crippen molar-refractivity contribution in [3.05, 3.63) is 5.92 Å². The summed E-state index contributed by atoms with van der Waals surface area (Å²) in [6.45, 7) is 6.36. The molecule has 0 aliphatic carbocycles. The van der Waals surface area contributed by atoms with Crippen LogP contribution in [0.3, 0.4) is 0 Å². The van der Waals surface area contributed by atoms with E-state index in [1.54, 1.807) is 13.8 Å². The van der Waals surface area contributed by atoms with Gasteiger partial charge in [0.15, 0.2) is 0 Å². The standard InChI is InChI=1S/C6H9NO.C6H8NO.Rb/c2*1-5(4-7)3-6(2)8;/h5H,3H2,1-2H3;3H2,1-2H3;/q;-1;+1. The second kappa shape index (κ2) is 14.1. The molecule has 0 fully saturated rings. The number of hydrogen-bond acceptors (Lipinski definition) is 4. The Hall–Kier alpha value is -0.00481. The Morgan fingerprint density at radius 1 is 1.24 bits per heavy atom. The summed E-state index contributed by atoms with van der Waals surface area (Å²) < 4.78 is 0. The van der Waals surface area contributed by atoms with E-state index in [1.807, 2.05) is 12.1 Å². The first-order valence-corrected chi connectivity index (χ1v) is 4.94. The molecule has 0 aliphatic heterocycles. The number of carbonyl (C=O) groups is 2. The molecule has 0 radical (unpaired) electrons. The predicted molar refractivity (Wildman–Crippen MR) is 59.9 cm³/mol. The van der Waals surface area contributed by atoms with Gasteiger partial charge in [-0.15, -0.1) is 6.07 Å². The Balaban J connectivity index is -0.000000218. The van der Waals surface area contributed by atoms with Crippen molar-refractivity contribution in [1.82, 2.24) is 0 Å². The minimum atomic E-state index is -0.118. The maximum atomic E-state index is 10.3. The van der Waals surface area contributed by atoms with Crippen LogP contribution in [0.4, 0.5) is 0 Å². The van der Waals surface area contributed by atoms with Crippen LogP contribution >= 0.6 is 0 Å². The zero-order chi connectivity index (χ0) is 13.1. The number of carbonyl (C=O) groups excluding carboxylic acids is 2. The van der Waals surface area contributed by atoms with Crippen molar-refractivity contribution >= 4 is 11.6 Å². The summed E-state index contributed by atoms with van der Waals surface area (Å²) in [6, 6.07) is 3.87. The number of ketones is 2. The number of nitrogens with zero attached hydrogens (tertiary/aromatic N) is 2. The molecule has 0 aromatic carbocycles. The molecule has 0 heterocycles. The fraction of sp³-hybridized carbons (Fsp3) is 0.583. The Kier molecular flexibility index (Phi) is 18.4. The van der Waals surface area contributed by atoms with Crippen molar-refractivity contribution in [3.63, 3.8) is 0 Å². The molecule has 0 saturated heterocycles. The van der Waals surface area contributed by atoms with Crippen LogP contribution in [0.5, 0.6) is 0 Å².